The lowest BCUT2D eigenvalue weighted by Gasteiger charge is -2.27. The maximum absolute atomic E-state index is 12.2. The zero-order valence-corrected chi connectivity index (χ0v) is 16.8. The number of hydrogen-bond acceptors (Lipinski definition) is 4. The average Bonchev–Trinajstić information content (AvgIpc) is 3.33. The summed E-state index contributed by atoms with van der Waals surface area (Å²) >= 11 is 0. The first kappa shape index (κ1) is 19.3. The molecule has 2 aromatic carbocycles. The third-order valence-corrected chi connectivity index (χ3v) is 5.94. The minimum atomic E-state index is -0.536. The summed E-state index contributed by atoms with van der Waals surface area (Å²) in [5, 5.41) is 9.42. The van der Waals surface area contributed by atoms with Crippen molar-refractivity contribution in [2.45, 2.75) is 51.0 Å². The number of carbonyl (C=O) groups is 1. The minimum Gasteiger partial charge on any atom is -0.462 e. The topological polar surface area (TPSA) is 53.3 Å². The molecule has 0 aromatic heterocycles. The predicted octanol–water partition coefficient (Wildman–Crippen LogP) is 5.72. The summed E-state index contributed by atoms with van der Waals surface area (Å²) in [7, 11) is 0. The number of anilines is 2. The summed E-state index contributed by atoms with van der Waals surface area (Å²) in [6.07, 6.45) is 7.01. The molecule has 4 rings (SSSR count). The Hall–Kier alpha value is -3.06. The highest BCUT2D eigenvalue weighted by Crippen LogP contribution is 2.52. The SMILES string of the molecule is CCCCOC(=O)C(C#N)=Cc1ccc2c(c1)C1CCCC1N2c1ccccc1. The van der Waals surface area contributed by atoms with Gasteiger partial charge in [0, 0.05) is 23.3 Å². The number of nitrogens with zero attached hydrogens (tertiary/aromatic N) is 2. The first-order chi connectivity index (χ1) is 14.2. The Kier molecular flexibility index (Phi) is 5.67. The molecule has 2 aromatic rings. The van der Waals surface area contributed by atoms with Gasteiger partial charge in [-0.25, -0.2) is 4.79 Å². The molecule has 1 saturated carbocycles. The number of ether oxygens (including phenoxy) is 1. The predicted molar refractivity (Wildman–Crippen MR) is 115 cm³/mol. The fourth-order valence-corrected chi connectivity index (χ4v) is 4.58. The molecule has 1 aliphatic heterocycles. The van der Waals surface area contributed by atoms with E-state index in [-0.39, 0.29) is 5.57 Å². The fourth-order valence-electron chi connectivity index (χ4n) is 4.58. The van der Waals surface area contributed by atoms with E-state index in [0.717, 1.165) is 18.4 Å². The van der Waals surface area contributed by atoms with Gasteiger partial charge in [-0.1, -0.05) is 44.0 Å². The summed E-state index contributed by atoms with van der Waals surface area (Å²) in [4.78, 5) is 14.6. The second kappa shape index (κ2) is 8.53. The molecule has 1 fully saturated rings. The molecule has 29 heavy (non-hydrogen) atoms. The van der Waals surface area contributed by atoms with Gasteiger partial charge in [0.15, 0.2) is 0 Å². The Morgan fingerprint density at radius 1 is 1.24 bits per heavy atom. The van der Waals surface area contributed by atoms with E-state index in [1.165, 1.54) is 36.2 Å². The molecule has 0 saturated heterocycles. The molecule has 4 nitrogen and oxygen atoms in total. The number of para-hydroxylation sites is 1. The Bertz CT molecular complexity index is 959. The molecule has 148 valence electrons. The molecule has 1 aliphatic carbocycles. The van der Waals surface area contributed by atoms with E-state index in [1.54, 1.807) is 6.08 Å². The summed E-state index contributed by atoms with van der Waals surface area (Å²) in [6, 6.07) is 19.3. The smallest absolute Gasteiger partial charge is 0.348 e. The van der Waals surface area contributed by atoms with Crippen molar-refractivity contribution in [3.05, 3.63) is 65.2 Å². The Morgan fingerprint density at radius 3 is 2.83 bits per heavy atom. The van der Waals surface area contributed by atoms with Crippen LogP contribution in [0.3, 0.4) is 0 Å². The molecule has 2 aliphatic rings. The molecule has 0 radical (unpaired) electrons. The van der Waals surface area contributed by atoms with E-state index < -0.39 is 5.97 Å². The van der Waals surface area contributed by atoms with Gasteiger partial charge in [-0.05, 0) is 60.7 Å². The van der Waals surface area contributed by atoms with Crippen molar-refractivity contribution in [3.8, 4) is 6.07 Å². The largest absolute Gasteiger partial charge is 0.462 e. The van der Waals surface area contributed by atoms with Gasteiger partial charge in [-0.15, -0.1) is 0 Å². The van der Waals surface area contributed by atoms with Crippen LogP contribution in [-0.4, -0.2) is 18.6 Å². The number of unbranched alkanes of at least 4 members (excludes halogenated alkanes) is 1. The zero-order chi connectivity index (χ0) is 20.2. The van der Waals surface area contributed by atoms with E-state index in [0.29, 0.717) is 18.6 Å². The van der Waals surface area contributed by atoms with Crippen molar-refractivity contribution < 1.29 is 9.53 Å². The number of esters is 1. The molecule has 4 heteroatoms. The lowest BCUT2D eigenvalue weighted by molar-refractivity contribution is -0.138. The van der Waals surface area contributed by atoms with Gasteiger partial charge in [0.2, 0.25) is 0 Å². The van der Waals surface area contributed by atoms with Crippen LogP contribution in [0, 0.1) is 11.3 Å². The molecular weight excluding hydrogens is 360 g/mol. The average molecular weight is 386 g/mol. The van der Waals surface area contributed by atoms with Crippen LogP contribution in [0.2, 0.25) is 0 Å². The third kappa shape index (κ3) is 3.78. The van der Waals surface area contributed by atoms with Crippen LogP contribution in [-0.2, 0) is 9.53 Å². The monoisotopic (exact) mass is 386 g/mol. The van der Waals surface area contributed by atoms with Crippen LogP contribution in [0.15, 0.2) is 54.1 Å². The van der Waals surface area contributed by atoms with Crippen LogP contribution in [0.25, 0.3) is 6.08 Å². The molecule has 0 bridgehead atoms. The van der Waals surface area contributed by atoms with Gasteiger partial charge in [0.1, 0.15) is 11.6 Å². The molecular formula is C25H26N2O2. The number of nitriles is 1. The number of carbonyl (C=O) groups excluding carboxylic acids is 1. The molecule has 1 heterocycles. The van der Waals surface area contributed by atoms with Crippen LogP contribution in [0.4, 0.5) is 11.4 Å². The van der Waals surface area contributed by atoms with Crippen molar-refractivity contribution in [2.75, 3.05) is 11.5 Å². The molecule has 2 atom stereocenters. The van der Waals surface area contributed by atoms with Gasteiger partial charge >= 0.3 is 5.97 Å². The van der Waals surface area contributed by atoms with Crippen molar-refractivity contribution in [2.24, 2.45) is 0 Å². The highest BCUT2D eigenvalue weighted by molar-refractivity contribution is 5.98. The second-order valence-electron chi connectivity index (χ2n) is 7.79. The third-order valence-electron chi connectivity index (χ3n) is 5.94. The fraction of sp³-hybridized carbons (Fsp3) is 0.360. The van der Waals surface area contributed by atoms with Crippen LogP contribution in [0.1, 0.15) is 56.1 Å². The van der Waals surface area contributed by atoms with E-state index in [2.05, 4.69) is 41.3 Å². The number of hydrogen-bond donors (Lipinski definition) is 0. The van der Waals surface area contributed by atoms with Gasteiger partial charge in [-0.3, -0.25) is 0 Å². The van der Waals surface area contributed by atoms with Crippen molar-refractivity contribution >= 4 is 23.4 Å². The normalized spacial score (nSPS) is 20.1. The Morgan fingerprint density at radius 2 is 2.07 bits per heavy atom. The van der Waals surface area contributed by atoms with Gasteiger partial charge in [0.05, 0.1) is 6.61 Å². The quantitative estimate of drug-likeness (QED) is 0.276. The number of rotatable bonds is 6. The van der Waals surface area contributed by atoms with E-state index >= 15 is 0 Å². The highest BCUT2D eigenvalue weighted by Gasteiger charge is 2.41. The van der Waals surface area contributed by atoms with Crippen molar-refractivity contribution in [1.82, 2.24) is 0 Å². The standard InChI is InChI=1S/C25H26N2O2/c1-2-3-14-29-25(28)19(17-26)15-18-12-13-24-22(16-18)21-10-7-11-23(21)27(24)20-8-5-4-6-9-20/h4-6,8-9,12-13,15-16,21,23H,2-3,7,10-11,14H2,1H3. The first-order valence-corrected chi connectivity index (χ1v) is 10.5. The minimum absolute atomic E-state index is 0.0573. The number of benzene rings is 2. The Balaban J connectivity index is 1.64. The number of fused-ring (bicyclic) bond motifs is 3. The maximum atomic E-state index is 12.2. The summed E-state index contributed by atoms with van der Waals surface area (Å²) < 4.78 is 5.21. The molecule has 0 spiro atoms. The van der Waals surface area contributed by atoms with Crippen molar-refractivity contribution in [3.63, 3.8) is 0 Å². The maximum Gasteiger partial charge on any atom is 0.348 e. The summed E-state index contributed by atoms with van der Waals surface area (Å²) in [6.45, 7) is 2.39. The van der Waals surface area contributed by atoms with Crippen LogP contribution >= 0.6 is 0 Å². The van der Waals surface area contributed by atoms with Crippen LogP contribution < -0.4 is 4.90 Å². The molecule has 0 amide bonds. The zero-order valence-electron chi connectivity index (χ0n) is 16.8. The van der Waals surface area contributed by atoms with Crippen molar-refractivity contribution in [1.29, 1.82) is 5.26 Å². The summed E-state index contributed by atoms with van der Waals surface area (Å²) in [5.74, 6) is -0.0355. The lowest BCUT2D eigenvalue weighted by atomic mass is 9.95. The first-order valence-electron chi connectivity index (χ1n) is 10.5. The van der Waals surface area contributed by atoms with Gasteiger partial charge in [-0.2, -0.15) is 5.26 Å². The summed E-state index contributed by atoms with van der Waals surface area (Å²) in [5.41, 5.74) is 4.73. The van der Waals surface area contributed by atoms with E-state index in [4.69, 9.17) is 4.74 Å². The lowest BCUT2D eigenvalue weighted by Crippen LogP contribution is -2.26. The van der Waals surface area contributed by atoms with Gasteiger partial charge < -0.3 is 9.64 Å². The van der Waals surface area contributed by atoms with Gasteiger partial charge in [0.25, 0.3) is 0 Å². The highest BCUT2D eigenvalue weighted by atomic mass is 16.5. The van der Waals surface area contributed by atoms with E-state index in [1.807, 2.05) is 25.1 Å². The Labute approximate surface area is 172 Å². The van der Waals surface area contributed by atoms with Crippen LogP contribution in [0.5, 0.6) is 0 Å². The van der Waals surface area contributed by atoms with E-state index in [9.17, 15) is 10.1 Å². The second-order valence-corrected chi connectivity index (χ2v) is 7.79. The molecule has 2 unspecified atom stereocenters. The molecule has 0 N–H and O–H groups in total.